The Labute approximate surface area is 152 Å². The molecule has 0 radical (unpaired) electrons. The average molecular weight is 416 g/mol. The first-order valence-corrected chi connectivity index (χ1v) is 2.19. The first-order valence-electron chi connectivity index (χ1n) is 2.19. The third-order valence-corrected chi connectivity index (χ3v) is 0. The Morgan fingerprint density at radius 3 is 0.500 bits per heavy atom. The summed E-state index contributed by atoms with van der Waals surface area (Å²) in [6.45, 7) is 0. The van der Waals surface area contributed by atoms with E-state index < -0.39 is 10.2 Å². The highest BCUT2D eigenvalue weighted by Crippen LogP contribution is 1.44. The van der Waals surface area contributed by atoms with Crippen LogP contribution in [0.2, 0.25) is 0 Å². The molecule has 20 heteroatoms. The third kappa shape index (κ3) is 627. The van der Waals surface area contributed by atoms with Gasteiger partial charge in [-0.3, -0.25) is 0 Å². The molecule has 0 fully saturated rings. The van der Waals surface area contributed by atoms with E-state index >= 15 is 0 Å². The van der Waals surface area contributed by atoms with E-state index in [2.05, 4.69) is 0 Å². The summed E-state index contributed by atoms with van der Waals surface area (Å²) in [5, 5.41) is 56.5. The Morgan fingerprint density at radius 2 is 0.500 bits per heavy atom. The normalized spacial score (nSPS) is 3.23. The first-order chi connectivity index (χ1) is 7.71. The summed E-state index contributed by atoms with van der Waals surface area (Å²) >= 11 is 0. The Bertz CT molecular complexity index is 183. The van der Waals surface area contributed by atoms with Crippen molar-refractivity contribution < 1.29 is 29.5 Å². The molecule has 6 N–H and O–H groups in total. The van der Waals surface area contributed by atoms with Crippen molar-refractivity contribution in [3.05, 3.63) is 61.0 Å². The number of rotatable bonds is 0. The smallest absolute Gasteiger partial charge is 0.0689 e. The molecule has 0 amide bonds. The fraction of sp³-hybridized carbons (Fsp3) is 1.00. The van der Waals surface area contributed by atoms with Crippen LogP contribution in [0, 0.1) is 61.0 Å². The predicted octanol–water partition coefficient (Wildman–Crippen LogP) is 2.11. The maximum absolute atomic E-state index is 8.25. The molecule has 0 aliphatic heterocycles. The summed E-state index contributed by atoms with van der Waals surface area (Å²) in [5.74, 6) is 0. The second-order valence-corrected chi connectivity index (χ2v) is 0.671. The zero-order valence-corrected chi connectivity index (χ0v) is 8.64. The standard InChI is InChI=1S/6CH4.2NO3.3HNO2.3H2O.2H2/c;;;;;;2*2-1(3)4;3*2-1-3;;;;;/h6*1H4;;;3*(H,2,3);3*1H2;2*1H/q;;;;;;2*-1;;;;;;;;/p-3. The van der Waals surface area contributed by atoms with Gasteiger partial charge in [0, 0.05) is 2.85 Å². The summed E-state index contributed by atoms with van der Waals surface area (Å²) in [4.78, 5) is 40.5. The van der Waals surface area contributed by atoms with Crippen LogP contribution in [0.5, 0.6) is 0 Å². The molecule has 0 unspecified atom stereocenters. The van der Waals surface area contributed by atoms with Crippen molar-refractivity contribution in [2.45, 2.75) is 44.6 Å². The lowest BCUT2D eigenvalue weighted by atomic mass is 12.0. The minimum absolute atomic E-state index is 0. The van der Waals surface area contributed by atoms with E-state index in [0.29, 0.717) is 0 Å². The highest BCUT2D eigenvalue weighted by atomic mass is 16.9. The van der Waals surface area contributed by atoms with Gasteiger partial charge in [0.1, 0.15) is 0 Å². The molecule has 20 nitrogen and oxygen atoms in total. The van der Waals surface area contributed by atoms with Gasteiger partial charge in [-0.1, -0.05) is 44.6 Å². The van der Waals surface area contributed by atoms with Crippen LogP contribution >= 0.6 is 0 Å². The Morgan fingerprint density at radius 1 is 0.500 bits per heavy atom. The second-order valence-electron chi connectivity index (χ2n) is 0.671. The maximum Gasteiger partial charge on any atom is 0.0689 e. The van der Waals surface area contributed by atoms with E-state index in [1.165, 1.54) is 0 Å². The van der Waals surface area contributed by atoms with Gasteiger partial charge in [-0.15, -0.1) is 16.0 Å². The topological polar surface area (TPSA) is 384 Å². The predicted molar refractivity (Wildman–Crippen MR) is 104 cm³/mol. The Hall–Kier alpha value is -3.52. The van der Waals surface area contributed by atoms with Gasteiger partial charge >= 0.3 is 0 Å². The lowest BCUT2D eigenvalue weighted by Crippen LogP contribution is -1.74. The van der Waals surface area contributed by atoms with Crippen LogP contribution in [-0.4, -0.2) is 26.6 Å². The molecule has 0 aromatic rings. The average Bonchev–Trinajstić information content (AvgIpc) is 2.03. The third-order valence-electron chi connectivity index (χ3n) is 0. The van der Waals surface area contributed by atoms with E-state index in [1.54, 1.807) is 0 Å². The van der Waals surface area contributed by atoms with Crippen molar-refractivity contribution in [1.29, 1.82) is 0 Å². The Kier molecular flexibility index (Phi) is 1660. The molecule has 178 valence electrons. The molecule has 0 spiro atoms. The highest BCUT2D eigenvalue weighted by molar-refractivity contribution is 4.22. The molecule has 0 aliphatic carbocycles. The fourth-order valence-corrected chi connectivity index (χ4v) is 0. The SMILES string of the molecule is C.C.C.C.C.C.O.O.O.O=N[O-].O=N[O-].O=N[O-].O=[N+]([O-])[O-].O=[N+]([O-])[O-].[HH].[HH]. The van der Waals surface area contributed by atoms with Gasteiger partial charge < -0.3 is 77.4 Å². The van der Waals surface area contributed by atoms with E-state index in [1.807, 2.05) is 0 Å². The van der Waals surface area contributed by atoms with Crippen molar-refractivity contribution in [1.82, 2.24) is 0 Å². The van der Waals surface area contributed by atoms with Crippen molar-refractivity contribution in [2.75, 3.05) is 0 Å². The van der Waals surface area contributed by atoms with E-state index in [-0.39, 0.29) is 63.8 Å². The largest absolute Gasteiger partial charge is 0.444 e. The Balaban J connectivity index is -0.00000000420. The van der Waals surface area contributed by atoms with E-state index in [4.69, 9.17) is 61.0 Å². The molecule has 0 atom stereocenters. The van der Waals surface area contributed by atoms with Crippen LogP contribution in [0.4, 0.5) is 0 Å². The molecule has 0 aliphatic rings. The van der Waals surface area contributed by atoms with Gasteiger partial charge in [-0.05, 0) is 0 Å². The lowest BCUT2D eigenvalue weighted by molar-refractivity contribution is -0.403. The van der Waals surface area contributed by atoms with Gasteiger partial charge in [0.15, 0.2) is 0 Å². The summed E-state index contributed by atoms with van der Waals surface area (Å²) in [7, 11) is 0. The zero-order chi connectivity index (χ0) is 15.3. The summed E-state index contributed by atoms with van der Waals surface area (Å²) in [5.41, 5.74) is 0. The minimum Gasteiger partial charge on any atom is -0.444 e. The number of nitrogens with zero attached hydrogens (tertiary/aromatic N) is 5. The lowest BCUT2D eigenvalue weighted by Gasteiger charge is -1.74. The molecule has 0 saturated carbocycles. The van der Waals surface area contributed by atoms with Gasteiger partial charge in [0.2, 0.25) is 0 Å². The molecule has 0 aromatic carbocycles. The van der Waals surface area contributed by atoms with Crippen molar-refractivity contribution in [3.8, 4) is 0 Å². The molecule has 0 saturated heterocycles. The first kappa shape index (κ1) is 144. The molecular formula is C6H34N5O15-5. The maximum atomic E-state index is 8.25. The van der Waals surface area contributed by atoms with Crippen molar-refractivity contribution in [3.63, 3.8) is 0 Å². The van der Waals surface area contributed by atoms with Crippen LogP contribution in [0.1, 0.15) is 47.4 Å². The molecule has 0 bridgehead atoms. The van der Waals surface area contributed by atoms with Gasteiger partial charge in [-0.25, -0.2) is 0 Å². The van der Waals surface area contributed by atoms with Crippen LogP contribution in [0.25, 0.3) is 0 Å². The van der Waals surface area contributed by atoms with Gasteiger partial charge in [-0.2, -0.15) is 0 Å². The second kappa shape index (κ2) is 300. The van der Waals surface area contributed by atoms with Crippen LogP contribution in [0.15, 0.2) is 16.0 Å². The zero-order valence-electron chi connectivity index (χ0n) is 8.64. The highest BCUT2D eigenvalue weighted by Gasteiger charge is 1.46. The summed E-state index contributed by atoms with van der Waals surface area (Å²) in [6, 6.07) is 0. The molecular weight excluding hydrogens is 382 g/mol. The molecule has 0 heterocycles. The van der Waals surface area contributed by atoms with E-state index in [9.17, 15) is 0 Å². The summed E-state index contributed by atoms with van der Waals surface area (Å²) < 4.78 is 0. The molecule has 26 heavy (non-hydrogen) atoms. The van der Waals surface area contributed by atoms with Crippen LogP contribution < -0.4 is 0 Å². The quantitative estimate of drug-likeness (QED) is 0.311. The monoisotopic (exact) mass is 416 g/mol. The minimum atomic E-state index is -1.75. The molecule has 0 rings (SSSR count). The van der Waals surface area contributed by atoms with Gasteiger partial charge in [0.25, 0.3) is 0 Å². The fourth-order valence-electron chi connectivity index (χ4n) is 0. The van der Waals surface area contributed by atoms with Crippen molar-refractivity contribution >= 4 is 0 Å². The summed E-state index contributed by atoms with van der Waals surface area (Å²) in [6.07, 6.45) is 0. The number of hydrogen-bond acceptors (Lipinski definition) is 15. The van der Waals surface area contributed by atoms with Crippen LogP contribution in [0.3, 0.4) is 0 Å². The van der Waals surface area contributed by atoms with E-state index in [0.717, 1.165) is 16.0 Å². The molecule has 0 aromatic heterocycles. The number of hydrogen-bond donors (Lipinski definition) is 0. The van der Waals surface area contributed by atoms with Crippen molar-refractivity contribution in [2.24, 2.45) is 16.0 Å². The van der Waals surface area contributed by atoms with Crippen LogP contribution in [-0.2, 0) is 0 Å². The van der Waals surface area contributed by atoms with Gasteiger partial charge in [0.05, 0.1) is 10.2 Å².